The minimum Gasteiger partial charge on any atom is -0.323 e. The fourth-order valence-corrected chi connectivity index (χ4v) is 2.85. The molecular formula is C16H20N2O. The number of carbonyl (C=O) groups is 1. The van der Waals surface area contributed by atoms with E-state index in [0.717, 1.165) is 37.7 Å². The SMILES string of the molecule is Cc1ccccc1C(=O)N(C)C1(C#N)CCCCC1. The first-order valence-corrected chi connectivity index (χ1v) is 6.86. The Morgan fingerprint density at radius 2 is 1.89 bits per heavy atom. The number of hydrogen-bond donors (Lipinski definition) is 0. The van der Waals surface area contributed by atoms with E-state index in [1.165, 1.54) is 0 Å². The van der Waals surface area contributed by atoms with Crippen LogP contribution in [-0.4, -0.2) is 23.4 Å². The van der Waals surface area contributed by atoms with Gasteiger partial charge in [0.2, 0.25) is 0 Å². The van der Waals surface area contributed by atoms with Crippen molar-refractivity contribution >= 4 is 5.91 Å². The van der Waals surface area contributed by atoms with Crippen LogP contribution in [0.2, 0.25) is 0 Å². The molecule has 2 rings (SSSR count). The Balaban J connectivity index is 2.28. The smallest absolute Gasteiger partial charge is 0.255 e. The second-order valence-electron chi connectivity index (χ2n) is 5.38. The Kier molecular flexibility index (Phi) is 3.90. The number of nitrogens with zero attached hydrogens (tertiary/aromatic N) is 2. The van der Waals surface area contributed by atoms with Gasteiger partial charge in [0.25, 0.3) is 5.91 Å². The Hall–Kier alpha value is -1.82. The maximum absolute atomic E-state index is 12.6. The molecule has 3 nitrogen and oxygen atoms in total. The van der Waals surface area contributed by atoms with E-state index in [4.69, 9.17) is 0 Å². The van der Waals surface area contributed by atoms with Crippen molar-refractivity contribution < 1.29 is 4.79 Å². The summed E-state index contributed by atoms with van der Waals surface area (Å²) in [5.74, 6) is -0.0402. The average Bonchev–Trinajstić information content (AvgIpc) is 2.47. The summed E-state index contributed by atoms with van der Waals surface area (Å²) in [5.41, 5.74) is 1.05. The van der Waals surface area contributed by atoms with Gasteiger partial charge in [-0.15, -0.1) is 0 Å². The van der Waals surface area contributed by atoms with E-state index in [1.54, 1.807) is 11.9 Å². The molecule has 1 aliphatic rings. The van der Waals surface area contributed by atoms with Crippen molar-refractivity contribution in [3.05, 3.63) is 35.4 Å². The summed E-state index contributed by atoms with van der Waals surface area (Å²) in [6.45, 7) is 1.93. The number of hydrogen-bond acceptors (Lipinski definition) is 2. The van der Waals surface area contributed by atoms with Crippen LogP contribution in [0, 0.1) is 18.3 Å². The van der Waals surface area contributed by atoms with Crippen molar-refractivity contribution in [2.75, 3.05) is 7.05 Å². The van der Waals surface area contributed by atoms with E-state index < -0.39 is 5.54 Å². The van der Waals surface area contributed by atoms with Crippen molar-refractivity contribution in [2.24, 2.45) is 0 Å². The van der Waals surface area contributed by atoms with Crippen LogP contribution >= 0.6 is 0 Å². The quantitative estimate of drug-likeness (QED) is 0.815. The van der Waals surface area contributed by atoms with Gasteiger partial charge in [-0.2, -0.15) is 5.26 Å². The number of benzene rings is 1. The number of carbonyl (C=O) groups excluding carboxylic acids is 1. The van der Waals surface area contributed by atoms with Gasteiger partial charge in [-0.25, -0.2) is 0 Å². The molecule has 0 saturated heterocycles. The van der Waals surface area contributed by atoms with Crippen LogP contribution in [0.1, 0.15) is 48.0 Å². The zero-order valence-electron chi connectivity index (χ0n) is 11.6. The van der Waals surface area contributed by atoms with Crippen LogP contribution in [0.4, 0.5) is 0 Å². The molecule has 0 aliphatic heterocycles. The molecule has 1 amide bonds. The molecule has 0 atom stereocenters. The summed E-state index contributed by atoms with van der Waals surface area (Å²) in [7, 11) is 1.77. The second-order valence-corrected chi connectivity index (χ2v) is 5.38. The Morgan fingerprint density at radius 3 is 2.47 bits per heavy atom. The summed E-state index contributed by atoms with van der Waals surface area (Å²) >= 11 is 0. The van der Waals surface area contributed by atoms with E-state index in [9.17, 15) is 10.1 Å². The summed E-state index contributed by atoms with van der Waals surface area (Å²) < 4.78 is 0. The molecule has 1 fully saturated rings. The molecule has 0 radical (unpaired) electrons. The molecule has 100 valence electrons. The van der Waals surface area contributed by atoms with Gasteiger partial charge in [0.1, 0.15) is 5.54 Å². The normalized spacial score (nSPS) is 17.5. The fraction of sp³-hybridized carbons (Fsp3) is 0.500. The van der Waals surface area contributed by atoms with Gasteiger partial charge in [0.15, 0.2) is 0 Å². The van der Waals surface area contributed by atoms with Crippen molar-refractivity contribution in [2.45, 2.75) is 44.6 Å². The molecule has 0 spiro atoms. The third-order valence-corrected chi connectivity index (χ3v) is 4.21. The lowest BCUT2D eigenvalue weighted by molar-refractivity contribution is 0.0588. The van der Waals surface area contributed by atoms with Gasteiger partial charge in [0, 0.05) is 12.6 Å². The summed E-state index contributed by atoms with van der Waals surface area (Å²) in [6, 6.07) is 9.95. The van der Waals surface area contributed by atoms with Crippen molar-refractivity contribution in [1.29, 1.82) is 5.26 Å². The predicted molar refractivity (Wildman–Crippen MR) is 74.7 cm³/mol. The molecule has 1 aromatic rings. The molecule has 3 heteroatoms. The largest absolute Gasteiger partial charge is 0.323 e. The zero-order valence-corrected chi connectivity index (χ0v) is 11.6. The molecule has 0 heterocycles. The third kappa shape index (κ3) is 2.49. The average molecular weight is 256 g/mol. The second kappa shape index (κ2) is 5.44. The van der Waals surface area contributed by atoms with Crippen molar-refractivity contribution in [1.82, 2.24) is 4.90 Å². The molecule has 1 aliphatic carbocycles. The van der Waals surface area contributed by atoms with Crippen LogP contribution in [0.15, 0.2) is 24.3 Å². The number of nitriles is 1. The van der Waals surface area contributed by atoms with Gasteiger partial charge in [-0.05, 0) is 31.4 Å². The van der Waals surface area contributed by atoms with E-state index >= 15 is 0 Å². The van der Waals surface area contributed by atoms with Gasteiger partial charge in [-0.1, -0.05) is 37.5 Å². The first-order chi connectivity index (χ1) is 9.10. The Labute approximate surface area is 114 Å². The van der Waals surface area contributed by atoms with Crippen LogP contribution in [-0.2, 0) is 0 Å². The summed E-state index contributed by atoms with van der Waals surface area (Å²) in [6.07, 6.45) is 4.79. The van der Waals surface area contributed by atoms with E-state index in [2.05, 4.69) is 6.07 Å². The maximum atomic E-state index is 12.6. The van der Waals surface area contributed by atoms with Gasteiger partial charge in [0.05, 0.1) is 6.07 Å². The maximum Gasteiger partial charge on any atom is 0.255 e. The highest BCUT2D eigenvalue weighted by Gasteiger charge is 2.39. The van der Waals surface area contributed by atoms with Crippen LogP contribution in [0.5, 0.6) is 0 Å². The lowest BCUT2D eigenvalue weighted by Crippen LogP contribution is -2.49. The molecule has 1 saturated carbocycles. The summed E-state index contributed by atoms with van der Waals surface area (Å²) in [4.78, 5) is 14.3. The minimum absolute atomic E-state index is 0.0402. The van der Waals surface area contributed by atoms with Gasteiger partial charge >= 0.3 is 0 Å². The van der Waals surface area contributed by atoms with E-state index in [0.29, 0.717) is 5.56 Å². The zero-order chi connectivity index (χ0) is 13.9. The standard InChI is InChI=1S/C16H20N2O/c1-13-8-4-5-9-14(13)15(19)18(2)16(12-17)10-6-3-7-11-16/h4-5,8-9H,3,6-7,10-11H2,1-2H3. The number of aryl methyl sites for hydroxylation is 1. The minimum atomic E-state index is -0.613. The van der Waals surface area contributed by atoms with Crippen molar-refractivity contribution in [3.8, 4) is 6.07 Å². The molecule has 0 N–H and O–H groups in total. The Bertz CT molecular complexity index is 510. The topological polar surface area (TPSA) is 44.1 Å². The number of amides is 1. The monoisotopic (exact) mass is 256 g/mol. The van der Waals surface area contributed by atoms with E-state index in [1.807, 2.05) is 31.2 Å². The first kappa shape index (κ1) is 13.6. The third-order valence-electron chi connectivity index (χ3n) is 4.21. The lowest BCUT2D eigenvalue weighted by Gasteiger charge is -2.39. The van der Waals surface area contributed by atoms with E-state index in [-0.39, 0.29) is 5.91 Å². The highest BCUT2D eigenvalue weighted by molar-refractivity contribution is 5.96. The highest BCUT2D eigenvalue weighted by Crippen LogP contribution is 2.33. The van der Waals surface area contributed by atoms with Crippen LogP contribution < -0.4 is 0 Å². The molecular weight excluding hydrogens is 236 g/mol. The molecule has 19 heavy (non-hydrogen) atoms. The molecule has 0 unspecified atom stereocenters. The number of rotatable bonds is 2. The molecule has 0 bridgehead atoms. The Morgan fingerprint density at radius 1 is 1.26 bits per heavy atom. The molecule has 1 aromatic carbocycles. The fourth-order valence-electron chi connectivity index (χ4n) is 2.85. The predicted octanol–water partition coefficient (Wildman–Crippen LogP) is 3.29. The highest BCUT2D eigenvalue weighted by atomic mass is 16.2. The van der Waals surface area contributed by atoms with Gasteiger partial charge in [-0.3, -0.25) is 4.79 Å². The van der Waals surface area contributed by atoms with Crippen LogP contribution in [0.3, 0.4) is 0 Å². The van der Waals surface area contributed by atoms with Crippen LogP contribution in [0.25, 0.3) is 0 Å². The van der Waals surface area contributed by atoms with Gasteiger partial charge < -0.3 is 4.90 Å². The molecule has 0 aromatic heterocycles. The summed E-state index contributed by atoms with van der Waals surface area (Å²) in [5, 5.41) is 9.53. The first-order valence-electron chi connectivity index (χ1n) is 6.86. The van der Waals surface area contributed by atoms with Crippen molar-refractivity contribution in [3.63, 3.8) is 0 Å². The lowest BCUT2D eigenvalue weighted by atomic mass is 9.81.